The Hall–Kier alpha value is -0.860. The quantitative estimate of drug-likeness (QED) is 0.541. The van der Waals surface area contributed by atoms with Crippen molar-refractivity contribution in [2.45, 2.75) is 45.6 Å². The van der Waals surface area contributed by atoms with E-state index in [1.807, 2.05) is 0 Å². The molecule has 0 aromatic rings. The van der Waals surface area contributed by atoms with Crippen molar-refractivity contribution in [3.8, 4) is 0 Å². The molecule has 4 bridgehead atoms. The maximum absolute atomic E-state index is 12.2. The molecule has 0 amide bonds. The van der Waals surface area contributed by atoms with Gasteiger partial charge < -0.3 is 5.84 Å². The van der Waals surface area contributed by atoms with Gasteiger partial charge in [0, 0.05) is 36.5 Å². The highest BCUT2D eigenvalue weighted by molar-refractivity contribution is 6.03. The highest BCUT2D eigenvalue weighted by Crippen LogP contribution is 2.55. The maximum Gasteiger partial charge on any atom is 0.149 e. The van der Waals surface area contributed by atoms with E-state index in [0.29, 0.717) is 11.8 Å². The van der Waals surface area contributed by atoms with Crippen LogP contribution in [0.5, 0.6) is 0 Å². The van der Waals surface area contributed by atoms with Crippen molar-refractivity contribution in [2.24, 2.45) is 10.8 Å². The highest BCUT2D eigenvalue weighted by Gasteiger charge is 2.62. The van der Waals surface area contributed by atoms with E-state index in [4.69, 9.17) is 5.84 Å². The van der Waals surface area contributed by atoms with Crippen LogP contribution < -0.4 is 0 Å². The average molecular weight is 192 g/mol. The summed E-state index contributed by atoms with van der Waals surface area (Å²) in [6.45, 7) is 4.18. The first-order chi connectivity index (χ1) is 6.45. The van der Waals surface area contributed by atoms with Crippen molar-refractivity contribution in [3.63, 3.8) is 0 Å². The molecule has 3 heteroatoms. The van der Waals surface area contributed by atoms with Crippen LogP contribution >= 0.6 is 0 Å². The molecule has 2 atom stereocenters. The van der Waals surface area contributed by atoms with E-state index in [1.54, 1.807) is 4.68 Å². The van der Waals surface area contributed by atoms with Gasteiger partial charge in [0.2, 0.25) is 0 Å². The second-order valence-electron chi connectivity index (χ2n) is 5.80. The van der Waals surface area contributed by atoms with Crippen molar-refractivity contribution >= 4 is 11.5 Å². The minimum Gasteiger partial charge on any atom is -0.454 e. The number of hydrogen-bond acceptors (Lipinski definition) is 1. The van der Waals surface area contributed by atoms with Crippen molar-refractivity contribution in [3.05, 3.63) is 5.84 Å². The lowest BCUT2D eigenvalue weighted by Gasteiger charge is -2.53. The predicted octanol–water partition coefficient (Wildman–Crippen LogP) is 1.96. The highest BCUT2D eigenvalue weighted by atomic mass is 16.1. The molecule has 14 heavy (non-hydrogen) atoms. The van der Waals surface area contributed by atoms with E-state index in [2.05, 4.69) is 13.8 Å². The summed E-state index contributed by atoms with van der Waals surface area (Å²) in [7, 11) is 0. The van der Waals surface area contributed by atoms with E-state index in [9.17, 15) is 4.79 Å². The van der Waals surface area contributed by atoms with Gasteiger partial charge in [-0.05, 0) is 0 Å². The number of nitrogens with zero attached hydrogens (tertiary/aromatic N) is 1. The molecule has 3 nitrogen and oxygen atoms in total. The van der Waals surface area contributed by atoms with Crippen LogP contribution in [-0.4, -0.2) is 22.2 Å². The van der Waals surface area contributed by atoms with E-state index in [-0.39, 0.29) is 10.8 Å². The molecule has 2 fully saturated rings. The van der Waals surface area contributed by atoms with Crippen LogP contribution in [-0.2, 0) is 4.79 Å². The molecule has 4 aliphatic rings. The fourth-order valence-corrected chi connectivity index (χ4v) is 3.91. The first-order valence-electron chi connectivity index (χ1n) is 5.35. The second kappa shape index (κ2) is 2.05. The number of carbonyl (C=O) groups is 1. The van der Waals surface area contributed by atoms with Gasteiger partial charge in [-0.15, -0.1) is 0 Å². The van der Waals surface area contributed by atoms with Crippen LogP contribution in [0, 0.1) is 10.8 Å². The van der Waals surface area contributed by atoms with E-state index in [0.717, 1.165) is 25.7 Å². The Morgan fingerprint density at radius 1 is 1.29 bits per heavy atom. The van der Waals surface area contributed by atoms with Crippen LogP contribution in [0.1, 0.15) is 39.5 Å². The Labute approximate surface area is 83.9 Å². The van der Waals surface area contributed by atoms with Crippen molar-refractivity contribution < 1.29 is 9.48 Å². The number of ketones is 1. The lowest BCUT2D eigenvalue weighted by molar-refractivity contribution is -0.527. The molecule has 0 radical (unpaired) electrons. The van der Waals surface area contributed by atoms with Gasteiger partial charge in [-0.2, -0.15) is 0 Å². The summed E-state index contributed by atoms with van der Waals surface area (Å²) in [4.78, 5) is 12.2. The minimum atomic E-state index is -0.136. The summed E-state index contributed by atoms with van der Waals surface area (Å²) in [6, 6.07) is 0.306. The Kier molecular flexibility index (Phi) is 1.23. The van der Waals surface area contributed by atoms with E-state index in [1.165, 1.54) is 5.71 Å². The Morgan fingerprint density at radius 2 is 1.79 bits per heavy atom. The van der Waals surface area contributed by atoms with Crippen molar-refractivity contribution in [2.75, 3.05) is 0 Å². The summed E-state index contributed by atoms with van der Waals surface area (Å²) in [5, 5.41) is 0. The van der Waals surface area contributed by atoms with E-state index >= 15 is 0 Å². The Morgan fingerprint density at radius 3 is 2.21 bits per heavy atom. The third-order valence-corrected chi connectivity index (χ3v) is 4.36. The average Bonchev–Trinajstić information content (AvgIpc) is 2.07. The Bertz CT molecular complexity index is 347. The first-order valence-corrected chi connectivity index (χ1v) is 5.35. The number of carbonyl (C=O) groups excluding carboxylic acids is 1. The summed E-state index contributed by atoms with van der Waals surface area (Å²) < 4.78 is 1.69. The molecule has 0 aromatic carbocycles. The maximum atomic E-state index is 12.2. The van der Waals surface area contributed by atoms with Crippen molar-refractivity contribution in [1.29, 1.82) is 0 Å². The predicted molar refractivity (Wildman–Crippen MR) is 53.1 cm³/mol. The van der Waals surface area contributed by atoms with Gasteiger partial charge >= 0.3 is 0 Å². The molecular weight excluding hydrogens is 176 g/mol. The SMILES string of the molecule is CC12CC3=[N+]([NH-])C(C1)CC(C)(C3)C2=O. The molecule has 2 unspecified atom stereocenters. The standard InChI is InChI=1S/C11H16N2O/c1-10-3-7-5-11(2,9(10)14)6-8(4-10)13(7)12/h7,12H,3-6H2,1-2H3. The fraction of sp³-hybridized carbons (Fsp3) is 0.818. The first kappa shape index (κ1) is 8.45. The zero-order valence-corrected chi connectivity index (χ0v) is 8.76. The summed E-state index contributed by atoms with van der Waals surface area (Å²) in [5.41, 5.74) is 0.920. The van der Waals surface area contributed by atoms with Crippen LogP contribution in [0.15, 0.2) is 0 Å². The van der Waals surface area contributed by atoms with Gasteiger partial charge in [-0.25, -0.2) is 0 Å². The zero-order chi connectivity index (χ0) is 10.1. The second-order valence-corrected chi connectivity index (χ2v) is 5.80. The van der Waals surface area contributed by atoms with Gasteiger partial charge in [0.05, 0.1) is 0 Å². The van der Waals surface area contributed by atoms with Gasteiger partial charge in [0.1, 0.15) is 17.5 Å². The van der Waals surface area contributed by atoms with Gasteiger partial charge in [0.25, 0.3) is 0 Å². The van der Waals surface area contributed by atoms with Crippen LogP contribution in [0.4, 0.5) is 0 Å². The third-order valence-electron chi connectivity index (χ3n) is 4.36. The smallest absolute Gasteiger partial charge is 0.149 e. The topological polar surface area (TPSA) is 43.9 Å². The van der Waals surface area contributed by atoms with Crippen LogP contribution in [0.3, 0.4) is 0 Å². The summed E-state index contributed by atoms with van der Waals surface area (Å²) in [5.74, 6) is 8.38. The number of nitrogens with one attached hydrogen (secondary N) is 1. The normalized spacial score (nSPS) is 50.4. The molecule has 0 aromatic heterocycles. The number of Topliss-reactive ketones (excluding diaryl/α,β-unsaturated/α-hetero) is 1. The molecule has 4 rings (SSSR count). The summed E-state index contributed by atoms with van der Waals surface area (Å²) in [6.07, 6.45) is 3.46. The molecule has 76 valence electrons. The van der Waals surface area contributed by atoms with Crippen molar-refractivity contribution in [1.82, 2.24) is 0 Å². The van der Waals surface area contributed by atoms with E-state index < -0.39 is 0 Å². The molecule has 2 saturated carbocycles. The van der Waals surface area contributed by atoms with Crippen LogP contribution in [0.25, 0.3) is 5.84 Å². The molecule has 0 saturated heterocycles. The molecule has 0 spiro atoms. The van der Waals surface area contributed by atoms with Gasteiger partial charge in [0.15, 0.2) is 0 Å². The number of hydrogen-bond donors (Lipinski definition) is 0. The molecule has 1 N–H and O–H groups in total. The zero-order valence-electron chi connectivity index (χ0n) is 8.76. The molecular formula is C11H16N2O. The van der Waals surface area contributed by atoms with Crippen LogP contribution in [0.2, 0.25) is 0 Å². The minimum absolute atomic E-state index is 0.136. The molecule has 2 aliphatic carbocycles. The largest absolute Gasteiger partial charge is 0.454 e. The van der Waals surface area contributed by atoms with Gasteiger partial charge in [-0.3, -0.25) is 9.48 Å². The Balaban J connectivity index is 2.19. The summed E-state index contributed by atoms with van der Waals surface area (Å²) >= 11 is 0. The molecule has 2 aliphatic heterocycles. The third kappa shape index (κ3) is 0.748. The number of rotatable bonds is 0. The van der Waals surface area contributed by atoms with Gasteiger partial charge in [-0.1, -0.05) is 13.8 Å². The lowest BCUT2D eigenvalue weighted by Crippen LogP contribution is -2.61. The fourth-order valence-electron chi connectivity index (χ4n) is 3.91. The monoisotopic (exact) mass is 192 g/mol. The molecule has 2 heterocycles. The lowest BCUT2D eigenvalue weighted by atomic mass is 9.51.